The van der Waals surface area contributed by atoms with Gasteiger partial charge in [0.1, 0.15) is 6.33 Å². The third-order valence-electron chi connectivity index (χ3n) is 5.99. The van der Waals surface area contributed by atoms with E-state index in [1.165, 1.54) is 29.4 Å². The van der Waals surface area contributed by atoms with Crippen molar-refractivity contribution >= 4 is 17.4 Å². The van der Waals surface area contributed by atoms with Crippen molar-refractivity contribution in [1.82, 2.24) is 24.9 Å². The summed E-state index contributed by atoms with van der Waals surface area (Å²) in [5.41, 5.74) is 2.86. The number of hydrogen-bond donors (Lipinski definition) is 2. The molecule has 1 atom stereocenters. The minimum Gasteiger partial charge on any atom is -0.372 e. The van der Waals surface area contributed by atoms with Crippen molar-refractivity contribution < 1.29 is 4.79 Å². The zero-order valence-electron chi connectivity index (χ0n) is 17.7. The van der Waals surface area contributed by atoms with E-state index in [1.807, 2.05) is 6.92 Å². The lowest BCUT2D eigenvalue weighted by Gasteiger charge is -2.32. The second-order valence-corrected chi connectivity index (χ2v) is 8.23. The lowest BCUT2D eigenvalue weighted by Crippen LogP contribution is -2.33. The summed E-state index contributed by atoms with van der Waals surface area (Å²) >= 11 is 0. The van der Waals surface area contributed by atoms with E-state index >= 15 is 0 Å². The molecule has 8 heteroatoms. The van der Waals surface area contributed by atoms with Crippen LogP contribution in [0.3, 0.4) is 0 Å². The molecule has 0 bridgehead atoms. The molecule has 0 aliphatic carbocycles. The molecule has 2 N–H and O–H groups in total. The van der Waals surface area contributed by atoms with Crippen LogP contribution >= 0.6 is 0 Å². The molecule has 30 heavy (non-hydrogen) atoms. The van der Waals surface area contributed by atoms with E-state index in [0.29, 0.717) is 17.0 Å². The molecular formula is C22H28N6O2. The van der Waals surface area contributed by atoms with Gasteiger partial charge in [0.05, 0.1) is 18.2 Å². The monoisotopic (exact) mass is 408 g/mol. The number of nitrogens with zero attached hydrogens (tertiary/aromatic N) is 4. The molecule has 1 aromatic carbocycles. The Kier molecular flexibility index (Phi) is 5.57. The largest absolute Gasteiger partial charge is 0.372 e. The molecule has 1 amide bonds. The van der Waals surface area contributed by atoms with Gasteiger partial charge in [-0.3, -0.25) is 14.7 Å². The fourth-order valence-corrected chi connectivity index (χ4v) is 3.98. The van der Waals surface area contributed by atoms with Gasteiger partial charge < -0.3 is 10.2 Å². The molecule has 0 saturated carbocycles. The summed E-state index contributed by atoms with van der Waals surface area (Å²) in [6, 6.07) is 8.23. The summed E-state index contributed by atoms with van der Waals surface area (Å²) in [6.45, 7) is 8.17. The molecule has 0 spiro atoms. The highest BCUT2D eigenvalue weighted by Crippen LogP contribution is 2.24. The normalized spacial score (nSPS) is 16.0. The second kappa shape index (κ2) is 8.30. The van der Waals surface area contributed by atoms with Crippen LogP contribution < -0.4 is 15.8 Å². The molecule has 8 nitrogen and oxygen atoms in total. The maximum Gasteiger partial charge on any atom is 0.277 e. The first kappa shape index (κ1) is 20.1. The maximum absolute atomic E-state index is 12.6. The molecule has 4 rings (SSSR count). The van der Waals surface area contributed by atoms with Gasteiger partial charge in [0.15, 0.2) is 0 Å². The zero-order valence-corrected chi connectivity index (χ0v) is 17.7. The fraction of sp³-hybridized carbons (Fsp3) is 0.455. The number of aromatic amines is 1. The van der Waals surface area contributed by atoms with E-state index in [0.717, 1.165) is 24.6 Å². The van der Waals surface area contributed by atoms with Gasteiger partial charge in [-0.2, -0.15) is 4.52 Å². The predicted molar refractivity (Wildman–Crippen MR) is 116 cm³/mol. The van der Waals surface area contributed by atoms with Gasteiger partial charge in [0, 0.05) is 24.3 Å². The Hall–Kier alpha value is -3.16. The molecule has 158 valence electrons. The van der Waals surface area contributed by atoms with Crippen LogP contribution in [0.25, 0.3) is 5.78 Å². The number of anilines is 1. The number of aromatic nitrogens is 4. The Morgan fingerprint density at radius 1 is 1.27 bits per heavy atom. The van der Waals surface area contributed by atoms with Crippen molar-refractivity contribution in [3.05, 3.63) is 57.8 Å². The summed E-state index contributed by atoms with van der Waals surface area (Å²) in [6.07, 6.45) is 3.84. The van der Waals surface area contributed by atoms with Crippen LogP contribution in [0.4, 0.5) is 5.69 Å². The summed E-state index contributed by atoms with van der Waals surface area (Å²) in [7, 11) is 0. The number of carbonyl (C=O) groups excluding carboxylic acids is 1. The van der Waals surface area contributed by atoms with Crippen LogP contribution in [0, 0.1) is 12.8 Å². The van der Waals surface area contributed by atoms with Crippen molar-refractivity contribution in [2.75, 3.05) is 18.0 Å². The Morgan fingerprint density at radius 3 is 2.67 bits per heavy atom. The third-order valence-corrected chi connectivity index (χ3v) is 5.99. The van der Waals surface area contributed by atoms with E-state index in [-0.39, 0.29) is 23.9 Å². The van der Waals surface area contributed by atoms with E-state index in [2.05, 4.69) is 56.5 Å². The summed E-state index contributed by atoms with van der Waals surface area (Å²) in [4.78, 5) is 35.9. The number of hydrogen-bond acceptors (Lipinski definition) is 5. The van der Waals surface area contributed by atoms with Crippen LogP contribution in [0.15, 0.2) is 35.4 Å². The van der Waals surface area contributed by atoms with Gasteiger partial charge in [0.25, 0.3) is 11.3 Å². The van der Waals surface area contributed by atoms with Gasteiger partial charge in [0.2, 0.25) is 5.91 Å². The van der Waals surface area contributed by atoms with Gasteiger partial charge in [-0.1, -0.05) is 19.1 Å². The molecule has 1 saturated heterocycles. The van der Waals surface area contributed by atoms with Gasteiger partial charge in [-0.05, 0) is 50.3 Å². The Labute approximate surface area is 175 Å². The summed E-state index contributed by atoms with van der Waals surface area (Å²) in [5, 5.41) is 5.72. The van der Waals surface area contributed by atoms with E-state index in [1.54, 1.807) is 6.92 Å². The SMILES string of the molecule is Cc1nc2nc[nH]n2c(=O)c1CC(=O)N[C@@H](C)c1ccc(N2CCC(C)CC2)cc1. The molecular weight excluding hydrogens is 380 g/mol. The minimum absolute atomic E-state index is 0.0198. The molecule has 1 aliphatic rings. The number of amides is 1. The Morgan fingerprint density at radius 2 is 1.97 bits per heavy atom. The first-order valence-corrected chi connectivity index (χ1v) is 10.5. The number of fused-ring (bicyclic) bond motifs is 1. The first-order valence-electron chi connectivity index (χ1n) is 10.5. The molecule has 3 heterocycles. The number of H-pyrrole nitrogens is 1. The average Bonchev–Trinajstić information content (AvgIpc) is 3.20. The minimum atomic E-state index is -0.294. The Balaban J connectivity index is 1.41. The number of piperidine rings is 1. The van der Waals surface area contributed by atoms with Gasteiger partial charge in [-0.15, -0.1) is 0 Å². The first-order chi connectivity index (χ1) is 14.4. The van der Waals surface area contributed by atoms with E-state index in [4.69, 9.17) is 0 Å². The lowest BCUT2D eigenvalue weighted by atomic mass is 9.98. The summed E-state index contributed by atoms with van der Waals surface area (Å²) in [5.74, 6) is 0.896. The van der Waals surface area contributed by atoms with Crippen LogP contribution in [-0.2, 0) is 11.2 Å². The van der Waals surface area contributed by atoms with Crippen molar-refractivity contribution in [2.24, 2.45) is 5.92 Å². The highest BCUT2D eigenvalue weighted by atomic mass is 16.2. The molecule has 1 aliphatic heterocycles. The number of rotatable bonds is 5. The van der Waals surface area contributed by atoms with Crippen molar-refractivity contribution in [3.8, 4) is 0 Å². The highest BCUT2D eigenvalue weighted by Gasteiger charge is 2.18. The lowest BCUT2D eigenvalue weighted by molar-refractivity contribution is -0.121. The molecule has 3 aromatic rings. The molecule has 0 unspecified atom stereocenters. The van der Waals surface area contributed by atoms with Crippen LogP contribution in [0.2, 0.25) is 0 Å². The molecule has 0 radical (unpaired) electrons. The number of benzene rings is 1. The highest BCUT2D eigenvalue weighted by molar-refractivity contribution is 5.79. The fourth-order valence-electron chi connectivity index (χ4n) is 3.98. The van der Waals surface area contributed by atoms with Gasteiger partial charge >= 0.3 is 0 Å². The Bertz CT molecular complexity index is 1090. The predicted octanol–water partition coefficient (Wildman–Crippen LogP) is 2.38. The zero-order chi connectivity index (χ0) is 21.3. The standard InChI is InChI=1S/C22H28N6O2/c1-14-8-10-27(11-9-14)18-6-4-17(5-7-18)15(2)25-20(29)12-19-16(3)26-22-23-13-24-28(22)21(19)30/h4-7,13-15H,8-12H2,1-3H3,(H,25,29)(H,23,24,26)/t15-/m0/s1. The van der Waals surface area contributed by atoms with Crippen LogP contribution in [-0.4, -0.2) is 38.6 Å². The number of nitrogens with one attached hydrogen (secondary N) is 2. The topological polar surface area (TPSA) is 95.4 Å². The third kappa shape index (κ3) is 4.08. The van der Waals surface area contributed by atoms with Crippen molar-refractivity contribution in [2.45, 2.75) is 46.1 Å². The van der Waals surface area contributed by atoms with Gasteiger partial charge in [-0.25, -0.2) is 9.97 Å². The van der Waals surface area contributed by atoms with Crippen LogP contribution in [0.5, 0.6) is 0 Å². The summed E-state index contributed by atoms with van der Waals surface area (Å²) < 4.78 is 1.25. The van der Waals surface area contributed by atoms with Crippen LogP contribution in [0.1, 0.15) is 49.6 Å². The van der Waals surface area contributed by atoms with Crippen molar-refractivity contribution in [1.29, 1.82) is 0 Å². The van der Waals surface area contributed by atoms with E-state index in [9.17, 15) is 9.59 Å². The van der Waals surface area contributed by atoms with Crippen molar-refractivity contribution in [3.63, 3.8) is 0 Å². The number of aryl methyl sites for hydroxylation is 1. The molecule has 2 aromatic heterocycles. The average molecular weight is 409 g/mol. The number of carbonyl (C=O) groups is 1. The van der Waals surface area contributed by atoms with E-state index < -0.39 is 0 Å². The molecule has 1 fully saturated rings. The second-order valence-electron chi connectivity index (χ2n) is 8.23. The maximum atomic E-state index is 12.6. The quantitative estimate of drug-likeness (QED) is 0.676. The smallest absolute Gasteiger partial charge is 0.277 e.